The summed E-state index contributed by atoms with van der Waals surface area (Å²) in [6.45, 7) is 6.11. The van der Waals surface area contributed by atoms with Crippen LogP contribution < -0.4 is 14.8 Å². The SMILES string of the molecule is COc1cccc(OC(C)c2nnc(SCC(=O)Nc3ccc(Br)cc3C(C)C)n2C)c1. The first-order chi connectivity index (χ1) is 15.3. The zero-order valence-corrected chi connectivity index (χ0v) is 21.2. The Kier molecular flexibility index (Phi) is 8.20. The number of hydrogen-bond acceptors (Lipinski definition) is 6. The zero-order valence-electron chi connectivity index (χ0n) is 18.8. The number of nitrogens with zero attached hydrogens (tertiary/aromatic N) is 3. The van der Waals surface area contributed by atoms with Gasteiger partial charge in [0.25, 0.3) is 0 Å². The van der Waals surface area contributed by atoms with Gasteiger partial charge in [-0.2, -0.15) is 0 Å². The molecule has 3 aromatic rings. The number of methoxy groups -OCH3 is 1. The number of benzene rings is 2. The van der Waals surface area contributed by atoms with Crippen LogP contribution in [0.15, 0.2) is 52.1 Å². The van der Waals surface area contributed by atoms with Gasteiger partial charge in [-0.25, -0.2) is 0 Å². The van der Waals surface area contributed by atoms with Crippen LogP contribution in [0.4, 0.5) is 5.69 Å². The average Bonchev–Trinajstić information content (AvgIpc) is 3.14. The molecule has 0 saturated carbocycles. The number of carbonyl (C=O) groups is 1. The van der Waals surface area contributed by atoms with Crippen molar-refractivity contribution < 1.29 is 14.3 Å². The van der Waals surface area contributed by atoms with Crippen LogP contribution in [0.1, 0.15) is 44.2 Å². The fourth-order valence-corrected chi connectivity index (χ4v) is 4.28. The molecule has 9 heteroatoms. The Morgan fingerprint density at radius 2 is 1.91 bits per heavy atom. The number of aromatic nitrogens is 3. The van der Waals surface area contributed by atoms with Crippen LogP contribution in [0, 0.1) is 0 Å². The summed E-state index contributed by atoms with van der Waals surface area (Å²) in [5, 5.41) is 12.2. The first-order valence-electron chi connectivity index (χ1n) is 10.2. The van der Waals surface area contributed by atoms with E-state index < -0.39 is 0 Å². The molecule has 0 bridgehead atoms. The van der Waals surface area contributed by atoms with Gasteiger partial charge in [0.1, 0.15) is 11.5 Å². The van der Waals surface area contributed by atoms with Gasteiger partial charge in [0.2, 0.25) is 5.91 Å². The molecule has 2 aromatic carbocycles. The summed E-state index contributed by atoms with van der Waals surface area (Å²) >= 11 is 4.83. The number of carbonyl (C=O) groups excluding carboxylic acids is 1. The van der Waals surface area contributed by atoms with Gasteiger partial charge >= 0.3 is 0 Å². The Labute approximate surface area is 201 Å². The molecule has 1 atom stereocenters. The van der Waals surface area contributed by atoms with E-state index in [0.717, 1.165) is 21.5 Å². The molecule has 0 aliphatic rings. The van der Waals surface area contributed by atoms with Crippen molar-refractivity contribution in [2.45, 2.75) is 37.9 Å². The van der Waals surface area contributed by atoms with Crippen molar-refractivity contribution in [3.05, 3.63) is 58.3 Å². The summed E-state index contributed by atoms with van der Waals surface area (Å²) in [5.74, 6) is 2.51. The van der Waals surface area contributed by atoms with E-state index >= 15 is 0 Å². The zero-order chi connectivity index (χ0) is 23.3. The van der Waals surface area contributed by atoms with Crippen molar-refractivity contribution in [2.75, 3.05) is 18.2 Å². The number of hydrogen-bond donors (Lipinski definition) is 1. The largest absolute Gasteiger partial charge is 0.497 e. The molecule has 1 amide bonds. The van der Waals surface area contributed by atoms with E-state index in [1.54, 1.807) is 7.11 Å². The average molecular weight is 519 g/mol. The van der Waals surface area contributed by atoms with E-state index in [1.165, 1.54) is 11.8 Å². The van der Waals surface area contributed by atoms with Gasteiger partial charge in [-0.05, 0) is 48.7 Å². The fraction of sp³-hybridized carbons (Fsp3) is 0.348. The summed E-state index contributed by atoms with van der Waals surface area (Å²) in [6, 6.07) is 13.3. The Hall–Kier alpha value is -2.52. The van der Waals surface area contributed by atoms with Crippen molar-refractivity contribution in [2.24, 2.45) is 7.05 Å². The Morgan fingerprint density at radius 3 is 2.62 bits per heavy atom. The Bertz CT molecular complexity index is 1090. The smallest absolute Gasteiger partial charge is 0.234 e. The third-order valence-corrected chi connectivity index (χ3v) is 6.34. The van der Waals surface area contributed by atoms with Crippen molar-refractivity contribution in [1.82, 2.24) is 14.8 Å². The van der Waals surface area contributed by atoms with E-state index in [2.05, 4.69) is 45.3 Å². The third-order valence-electron chi connectivity index (χ3n) is 4.83. The summed E-state index contributed by atoms with van der Waals surface area (Å²) in [5.41, 5.74) is 1.91. The van der Waals surface area contributed by atoms with E-state index in [4.69, 9.17) is 9.47 Å². The van der Waals surface area contributed by atoms with Gasteiger partial charge < -0.3 is 19.4 Å². The maximum Gasteiger partial charge on any atom is 0.234 e. The van der Waals surface area contributed by atoms with Crippen LogP contribution >= 0.6 is 27.7 Å². The number of rotatable bonds is 9. The molecular formula is C23H27BrN4O3S. The van der Waals surface area contributed by atoms with Crippen LogP contribution in [-0.4, -0.2) is 33.5 Å². The maximum atomic E-state index is 12.6. The highest BCUT2D eigenvalue weighted by Crippen LogP contribution is 2.29. The van der Waals surface area contributed by atoms with E-state index in [0.29, 0.717) is 22.6 Å². The van der Waals surface area contributed by atoms with Gasteiger partial charge in [-0.3, -0.25) is 4.79 Å². The highest BCUT2D eigenvalue weighted by Gasteiger charge is 2.19. The lowest BCUT2D eigenvalue weighted by Gasteiger charge is -2.15. The number of ether oxygens (including phenoxy) is 2. The number of halogens is 1. The maximum absolute atomic E-state index is 12.6. The summed E-state index contributed by atoms with van der Waals surface area (Å²) < 4.78 is 14.1. The minimum atomic E-state index is -0.320. The minimum Gasteiger partial charge on any atom is -0.497 e. The van der Waals surface area contributed by atoms with Crippen LogP contribution in [0.5, 0.6) is 11.5 Å². The van der Waals surface area contributed by atoms with E-state index in [1.807, 2.05) is 61.0 Å². The molecule has 170 valence electrons. The monoisotopic (exact) mass is 518 g/mol. The summed E-state index contributed by atoms with van der Waals surface area (Å²) in [6.07, 6.45) is -0.320. The molecule has 1 heterocycles. The van der Waals surface area contributed by atoms with E-state index in [-0.39, 0.29) is 17.8 Å². The second-order valence-corrected chi connectivity index (χ2v) is 9.42. The molecular weight excluding hydrogens is 492 g/mol. The van der Waals surface area contributed by atoms with Crippen molar-refractivity contribution >= 4 is 39.3 Å². The molecule has 1 N–H and O–H groups in total. The lowest BCUT2D eigenvalue weighted by molar-refractivity contribution is -0.113. The highest BCUT2D eigenvalue weighted by molar-refractivity contribution is 9.10. The van der Waals surface area contributed by atoms with Gasteiger partial charge in [-0.1, -0.05) is 47.6 Å². The van der Waals surface area contributed by atoms with Crippen molar-refractivity contribution in [3.8, 4) is 11.5 Å². The van der Waals surface area contributed by atoms with Crippen molar-refractivity contribution in [1.29, 1.82) is 0 Å². The summed E-state index contributed by atoms with van der Waals surface area (Å²) in [4.78, 5) is 12.6. The van der Waals surface area contributed by atoms with Crippen LogP contribution in [-0.2, 0) is 11.8 Å². The standard InChI is InChI=1S/C23H27BrN4O3S/c1-14(2)19-11-16(24)9-10-20(19)25-21(29)13-32-23-27-26-22(28(23)4)15(3)31-18-8-6-7-17(12-18)30-5/h6-12,14-15H,13H2,1-5H3,(H,25,29). The number of thioether (sulfide) groups is 1. The highest BCUT2D eigenvalue weighted by atomic mass is 79.9. The molecule has 0 aliphatic carbocycles. The fourth-order valence-electron chi connectivity index (χ4n) is 3.18. The number of amides is 1. The quantitative estimate of drug-likeness (QED) is 0.372. The number of nitrogens with one attached hydrogen (secondary N) is 1. The number of anilines is 1. The van der Waals surface area contributed by atoms with Crippen LogP contribution in [0.2, 0.25) is 0 Å². The lowest BCUT2D eigenvalue weighted by Crippen LogP contribution is -2.16. The lowest BCUT2D eigenvalue weighted by atomic mass is 10.0. The molecule has 0 spiro atoms. The Balaban J connectivity index is 1.61. The Morgan fingerprint density at radius 1 is 1.16 bits per heavy atom. The molecule has 1 aromatic heterocycles. The molecule has 0 radical (unpaired) electrons. The van der Waals surface area contributed by atoms with Gasteiger partial charge in [0.15, 0.2) is 17.1 Å². The normalized spacial score (nSPS) is 12.0. The molecule has 3 rings (SSSR count). The predicted octanol–water partition coefficient (Wildman–Crippen LogP) is 5.58. The topological polar surface area (TPSA) is 78.3 Å². The minimum absolute atomic E-state index is 0.0931. The molecule has 7 nitrogen and oxygen atoms in total. The third kappa shape index (κ3) is 6.04. The van der Waals surface area contributed by atoms with Crippen molar-refractivity contribution in [3.63, 3.8) is 0 Å². The first kappa shape index (κ1) is 24.1. The second kappa shape index (κ2) is 10.9. The molecule has 1 unspecified atom stereocenters. The predicted molar refractivity (Wildman–Crippen MR) is 131 cm³/mol. The first-order valence-corrected chi connectivity index (χ1v) is 12.0. The molecule has 0 aliphatic heterocycles. The molecule has 0 fully saturated rings. The van der Waals surface area contributed by atoms with Gasteiger partial charge in [0, 0.05) is 23.3 Å². The van der Waals surface area contributed by atoms with Gasteiger partial charge in [0.05, 0.1) is 12.9 Å². The molecule has 0 saturated heterocycles. The van der Waals surface area contributed by atoms with Crippen LogP contribution in [0.25, 0.3) is 0 Å². The van der Waals surface area contributed by atoms with E-state index in [9.17, 15) is 4.79 Å². The summed E-state index contributed by atoms with van der Waals surface area (Å²) in [7, 11) is 3.48. The molecule has 32 heavy (non-hydrogen) atoms. The van der Waals surface area contributed by atoms with Crippen LogP contribution in [0.3, 0.4) is 0 Å². The van der Waals surface area contributed by atoms with Gasteiger partial charge in [-0.15, -0.1) is 10.2 Å². The second-order valence-electron chi connectivity index (χ2n) is 7.56.